The van der Waals surface area contributed by atoms with E-state index in [-0.39, 0.29) is 61.2 Å². The SMILES string of the molecule is CCCCCCN1c2cccc3c(C4=C([O-])C(=c5ccc6c7c(cccc57)N(CCCCCC)C(CCCCCC)(CCCCCC(=O)ON5C(=O)CCC5=O)[N+]=6CCCCCC)C4=O)ccc(c23)N(CCCCCC)C1(CCCCCC)CCCCCC(=O)ON1C(=O)CCC1=O. The van der Waals surface area contributed by atoms with Crippen LogP contribution in [0.5, 0.6) is 0 Å². The number of anilines is 3. The van der Waals surface area contributed by atoms with Crippen LogP contribution in [0.15, 0.2) is 66.4 Å². The van der Waals surface area contributed by atoms with Gasteiger partial charge in [-0.15, -0.1) is 10.1 Å². The fourth-order valence-electron chi connectivity index (χ4n) is 16.6. The van der Waals surface area contributed by atoms with Crippen LogP contribution in [0, 0.1) is 0 Å². The van der Waals surface area contributed by atoms with E-state index in [4.69, 9.17) is 9.68 Å². The summed E-state index contributed by atoms with van der Waals surface area (Å²) in [6.07, 6.45) is 34.9. The fraction of sp³-hybridized carbons (Fsp3) is 0.634. The summed E-state index contributed by atoms with van der Waals surface area (Å²) in [7, 11) is 0. The fourth-order valence-corrected chi connectivity index (χ4v) is 16.6. The molecule has 9 rings (SSSR count). The quantitative estimate of drug-likeness (QED) is 0.0232. The molecule has 5 aliphatic rings. The third-order valence-corrected chi connectivity index (χ3v) is 21.7. The standard InChI is InChI=1S/C82H116N6O10/c1-7-13-19-29-53-81(55-31-25-27-43-73(93)97-87-69(89)49-50-70(87)90)83(57-33-21-15-9-3)65-41-37-39-61-63(45-47-67(75(61)65)85(81)59-35-23-17-11-5)77-79(95)78(80(77)96)64-46-48-68-76-62(64)40-38-42-66(76)84(58-34-22-16-10-4)82(54-30-20-14-8-2,86(68)60-36-24-18-12-6)56-32-26-28-44-74(94)98-88-71(91)51-52-72(88)92/h37-42,45-48H,7-36,43-44,49-60H2,1-6H3. The molecule has 1 aliphatic carbocycles. The van der Waals surface area contributed by atoms with Gasteiger partial charge in [0.25, 0.3) is 23.6 Å². The van der Waals surface area contributed by atoms with Gasteiger partial charge in [0.05, 0.1) is 11.1 Å². The van der Waals surface area contributed by atoms with Gasteiger partial charge in [-0.2, -0.15) is 0 Å². The number of imide groups is 2. The number of carbonyl (C=O) groups is 7. The Morgan fingerprint density at radius 2 is 0.847 bits per heavy atom. The topological polar surface area (TPSA) is 180 Å². The van der Waals surface area contributed by atoms with Crippen molar-refractivity contribution < 1.29 is 48.3 Å². The molecule has 4 aromatic carbocycles. The summed E-state index contributed by atoms with van der Waals surface area (Å²) in [6.45, 7) is 16.9. The van der Waals surface area contributed by atoms with Gasteiger partial charge in [-0.3, -0.25) is 24.0 Å². The summed E-state index contributed by atoms with van der Waals surface area (Å²) >= 11 is 0. The minimum absolute atomic E-state index is 0.0600. The number of unbranched alkanes of at least 4 members (excludes halogenated alkanes) is 22. The van der Waals surface area contributed by atoms with Gasteiger partial charge >= 0.3 is 11.9 Å². The van der Waals surface area contributed by atoms with Crippen LogP contribution in [0.1, 0.15) is 304 Å². The third-order valence-electron chi connectivity index (χ3n) is 21.7. The van der Waals surface area contributed by atoms with Gasteiger partial charge in [-0.05, 0) is 123 Å². The number of carbonyl (C=O) groups excluding carboxylic acids is 7. The lowest BCUT2D eigenvalue weighted by molar-refractivity contribution is -0.292. The van der Waals surface area contributed by atoms with Crippen LogP contribution in [0.3, 0.4) is 0 Å². The van der Waals surface area contributed by atoms with Crippen LogP contribution in [0.2, 0.25) is 0 Å². The molecule has 2 saturated heterocycles. The molecule has 0 N–H and O–H groups in total. The average Bonchev–Trinajstić information content (AvgIpc) is 0.723. The number of rotatable bonds is 45. The number of hydroxylamine groups is 4. The first-order valence-electron chi connectivity index (χ1n) is 38.9. The van der Waals surface area contributed by atoms with E-state index in [2.05, 4.69) is 121 Å². The van der Waals surface area contributed by atoms with Crippen LogP contribution in [-0.4, -0.2) is 89.0 Å². The van der Waals surface area contributed by atoms with E-state index >= 15 is 9.90 Å². The molecular weight excluding hydrogens is 1230 g/mol. The summed E-state index contributed by atoms with van der Waals surface area (Å²) in [5.74, 6) is -3.44. The molecule has 98 heavy (non-hydrogen) atoms. The molecule has 0 bridgehead atoms. The van der Waals surface area contributed by atoms with E-state index in [0.717, 1.165) is 276 Å². The number of hydrogen-bond donors (Lipinski definition) is 0. The van der Waals surface area contributed by atoms with Gasteiger partial charge < -0.3 is 29.5 Å². The van der Waals surface area contributed by atoms with E-state index in [9.17, 15) is 28.8 Å². The minimum Gasteiger partial charge on any atom is -0.871 e. The highest BCUT2D eigenvalue weighted by Gasteiger charge is 2.51. The first-order valence-corrected chi connectivity index (χ1v) is 38.9. The second-order valence-corrected chi connectivity index (χ2v) is 28.7. The molecule has 534 valence electrons. The lowest BCUT2D eigenvalue weighted by atomic mass is 9.78. The molecule has 0 radical (unpaired) electrons. The van der Waals surface area contributed by atoms with Crippen LogP contribution in [-0.2, 0) is 43.2 Å². The van der Waals surface area contributed by atoms with Crippen LogP contribution < -0.4 is 35.0 Å². The summed E-state index contributed by atoms with van der Waals surface area (Å²) in [5.41, 5.74) is 3.81. The second kappa shape index (κ2) is 36.8. The maximum absolute atomic E-state index is 15.6. The maximum Gasteiger partial charge on any atom is 0.333 e. The first kappa shape index (κ1) is 75.1. The number of allylic oxidation sites excluding steroid dienone is 2. The van der Waals surface area contributed by atoms with Crippen molar-refractivity contribution in [1.82, 2.24) is 14.7 Å². The summed E-state index contributed by atoms with van der Waals surface area (Å²) in [6, 6.07) is 21.6. The molecule has 4 amide bonds. The summed E-state index contributed by atoms with van der Waals surface area (Å²) in [5, 5.41) is 22.7. The highest BCUT2D eigenvalue weighted by atomic mass is 16.7. The number of ketones is 1. The molecule has 4 aromatic rings. The van der Waals surface area contributed by atoms with E-state index in [1.165, 1.54) is 0 Å². The van der Waals surface area contributed by atoms with Crippen molar-refractivity contribution in [2.75, 3.05) is 40.9 Å². The van der Waals surface area contributed by atoms with Crippen LogP contribution >= 0.6 is 0 Å². The van der Waals surface area contributed by atoms with Gasteiger partial charge in [0.15, 0.2) is 5.78 Å². The molecule has 0 saturated carbocycles. The van der Waals surface area contributed by atoms with Crippen molar-refractivity contribution in [1.29, 1.82) is 0 Å². The first-order chi connectivity index (χ1) is 47.7. The van der Waals surface area contributed by atoms with Crippen LogP contribution in [0.4, 0.5) is 17.1 Å². The van der Waals surface area contributed by atoms with Crippen molar-refractivity contribution in [3.63, 3.8) is 0 Å². The number of Topliss-reactive ketones (excluding diaryl/α,β-unsaturated/α-hetero) is 1. The zero-order chi connectivity index (χ0) is 69.6. The van der Waals surface area contributed by atoms with E-state index in [1.807, 2.05) is 0 Å². The summed E-state index contributed by atoms with van der Waals surface area (Å²) in [4.78, 5) is 110. The number of benzene rings is 4. The van der Waals surface area contributed by atoms with Crippen molar-refractivity contribution in [3.8, 4) is 0 Å². The molecule has 2 unspecified atom stereocenters. The lowest BCUT2D eigenvalue weighted by Gasteiger charge is -2.57. The van der Waals surface area contributed by atoms with Crippen molar-refractivity contribution in [2.24, 2.45) is 0 Å². The smallest absolute Gasteiger partial charge is 0.333 e. The lowest BCUT2D eigenvalue weighted by Crippen LogP contribution is -2.65. The van der Waals surface area contributed by atoms with Crippen molar-refractivity contribution in [2.45, 2.75) is 310 Å². The van der Waals surface area contributed by atoms with Gasteiger partial charge in [-0.25, -0.2) is 14.2 Å². The van der Waals surface area contributed by atoms with Gasteiger partial charge in [0.1, 0.15) is 12.2 Å². The monoisotopic (exact) mass is 1340 g/mol. The molecule has 4 aliphatic heterocycles. The number of hydrogen-bond acceptors (Lipinski definition) is 13. The molecule has 2 atom stereocenters. The van der Waals surface area contributed by atoms with E-state index in [1.54, 1.807) is 0 Å². The zero-order valence-corrected chi connectivity index (χ0v) is 60.7. The zero-order valence-electron chi connectivity index (χ0n) is 60.7. The Bertz CT molecular complexity index is 3560. The predicted molar refractivity (Wildman–Crippen MR) is 391 cm³/mol. The maximum atomic E-state index is 15.6. The van der Waals surface area contributed by atoms with E-state index < -0.39 is 46.9 Å². The molecule has 16 nitrogen and oxygen atoms in total. The van der Waals surface area contributed by atoms with Gasteiger partial charge in [0, 0.05) is 111 Å². The highest BCUT2D eigenvalue weighted by molar-refractivity contribution is 6.52. The Hall–Kier alpha value is -7.10. The third kappa shape index (κ3) is 17.0. The van der Waals surface area contributed by atoms with Crippen LogP contribution in [0.25, 0.3) is 32.7 Å². The molecular formula is C82H116N6O10. The Morgan fingerprint density at radius 3 is 1.33 bits per heavy atom. The van der Waals surface area contributed by atoms with Gasteiger partial charge in [0.2, 0.25) is 11.0 Å². The Morgan fingerprint density at radius 1 is 0.429 bits per heavy atom. The normalized spacial score (nSPS) is 19.0. The van der Waals surface area contributed by atoms with Crippen molar-refractivity contribution >= 4 is 91.1 Å². The van der Waals surface area contributed by atoms with Gasteiger partial charge in [-0.1, -0.05) is 200 Å². The van der Waals surface area contributed by atoms with Crippen molar-refractivity contribution in [3.05, 3.63) is 82.6 Å². The molecule has 2 fully saturated rings. The molecule has 4 heterocycles. The Labute approximate surface area is 584 Å². The highest BCUT2D eigenvalue weighted by Crippen LogP contribution is 2.53. The number of amides is 4. The number of nitrogens with zero attached hydrogens (tertiary/aromatic N) is 6. The molecule has 16 heteroatoms. The molecule has 0 spiro atoms. The Kier molecular flexibility index (Phi) is 28.2. The Balaban J connectivity index is 1.13. The molecule has 0 aromatic heterocycles. The van der Waals surface area contributed by atoms with E-state index in [0.29, 0.717) is 33.8 Å². The minimum atomic E-state index is -0.561. The predicted octanol–water partition coefficient (Wildman–Crippen LogP) is 16.2. The summed E-state index contributed by atoms with van der Waals surface area (Å²) < 4.78 is 2.72. The average molecular weight is 1350 g/mol. The largest absolute Gasteiger partial charge is 0.871 e. The second-order valence-electron chi connectivity index (χ2n) is 28.7.